The molecule has 12 nitrogen and oxygen atoms in total. The minimum atomic E-state index is 0.0814. The minimum Gasteiger partial charge on any atom is -0.458 e. The molecule has 0 saturated carbocycles. The monoisotopic (exact) mass is 1730 g/mol. The summed E-state index contributed by atoms with van der Waals surface area (Å²) in [4.78, 5) is 0. The molecule has 16 heterocycles. The fraction of sp³-hybridized carbons (Fsp3) is 0. The number of benzene rings is 20. The van der Waals surface area contributed by atoms with E-state index in [9.17, 15) is 0 Å². The van der Waals surface area contributed by atoms with Gasteiger partial charge in [-0.15, -0.1) is 0 Å². The summed E-state index contributed by atoms with van der Waals surface area (Å²) in [6, 6.07) is 137. The number of para-hydroxylation sites is 4. The molecule has 12 aliphatic heterocycles. The average Bonchev–Trinajstić information content (AvgIpc) is 1.44. The number of ether oxygens (including phenoxy) is 8. The highest BCUT2D eigenvalue weighted by Crippen LogP contribution is 2.53. The summed E-state index contributed by atoms with van der Waals surface area (Å²) >= 11 is 0. The Kier molecular flexibility index (Phi) is 13.8. The highest BCUT2D eigenvalue weighted by atomic mass is 16.5. The fourth-order valence-electron chi connectivity index (χ4n) is 25.4. The van der Waals surface area contributed by atoms with Gasteiger partial charge in [-0.3, -0.25) is 0 Å². The van der Waals surface area contributed by atoms with Gasteiger partial charge in [-0.05, 0) is 235 Å². The average molecular weight is 1730 g/mol. The molecule has 0 spiro atoms. The Morgan fingerprint density at radius 1 is 0.154 bits per heavy atom. The summed E-state index contributed by atoms with van der Waals surface area (Å²) in [5, 5.41) is 10.1. The Labute approximate surface area is 778 Å². The highest BCUT2D eigenvalue weighted by Gasteiger charge is 2.53. The summed E-state index contributed by atoms with van der Waals surface area (Å²) in [5.74, 6) is 14.6. The molecule has 0 atom stereocenters. The molecule has 0 radical (unpaired) electrons. The van der Waals surface area contributed by atoms with Crippen molar-refractivity contribution in [3.63, 3.8) is 0 Å². The van der Waals surface area contributed by atoms with Crippen LogP contribution in [0, 0.1) is 0 Å². The summed E-state index contributed by atoms with van der Waals surface area (Å²) in [6.07, 6.45) is 0. The maximum atomic E-state index is 6.73. The third-order valence-corrected chi connectivity index (χ3v) is 30.6. The van der Waals surface area contributed by atoms with Crippen molar-refractivity contribution in [2.24, 2.45) is 0 Å². The van der Waals surface area contributed by atoms with Crippen molar-refractivity contribution in [2.45, 2.75) is 0 Å². The third-order valence-electron chi connectivity index (χ3n) is 30.6. The molecular formula is C120H64B4N4O8. The van der Waals surface area contributed by atoms with Crippen LogP contribution in [0.3, 0.4) is 0 Å². The molecule has 0 fully saturated rings. The molecule has 0 amide bonds. The molecule has 16 heteroatoms. The number of aromatic nitrogens is 4. The first-order valence-corrected chi connectivity index (χ1v) is 46.6. The van der Waals surface area contributed by atoms with Crippen LogP contribution >= 0.6 is 0 Å². The Morgan fingerprint density at radius 3 is 0.971 bits per heavy atom. The fourth-order valence-corrected chi connectivity index (χ4v) is 25.4. The summed E-state index contributed by atoms with van der Waals surface area (Å²) in [6.45, 7) is 0.366. The summed E-state index contributed by atoms with van der Waals surface area (Å²) in [5.41, 5.74) is 38.6. The van der Waals surface area contributed by atoms with E-state index in [1.165, 1.54) is 181 Å². The first-order chi connectivity index (χ1) is 67.5. The van der Waals surface area contributed by atoms with E-state index in [0.717, 1.165) is 131 Å². The Hall–Kier alpha value is -17.7. The van der Waals surface area contributed by atoms with Gasteiger partial charge in [0.1, 0.15) is 92.0 Å². The largest absolute Gasteiger partial charge is 0.458 e. The van der Waals surface area contributed by atoms with Gasteiger partial charge >= 0.3 is 0 Å². The number of hydrogen-bond acceptors (Lipinski definition) is 8. The van der Waals surface area contributed by atoms with Crippen molar-refractivity contribution < 1.29 is 37.9 Å². The highest BCUT2D eigenvalue weighted by molar-refractivity contribution is 7.03. The molecule has 0 unspecified atom stereocenters. The molecule has 24 aromatic rings. The van der Waals surface area contributed by atoms with Crippen LogP contribution in [0.4, 0.5) is 0 Å². The van der Waals surface area contributed by atoms with Gasteiger partial charge in [0.2, 0.25) is 0 Å². The maximum Gasteiger partial charge on any atom is 0.266 e. The second-order valence-electron chi connectivity index (χ2n) is 37.1. The quantitative estimate of drug-likeness (QED) is 0.161. The lowest BCUT2D eigenvalue weighted by atomic mass is 9.33. The van der Waals surface area contributed by atoms with E-state index in [4.69, 9.17) is 37.9 Å². The van der Waals surface area contributed by atoms with E-state index in [-0.39, 0.29) is 26.9 Å². The SMILES string of the molecule is c1ccc(-c2cc3c4c(c2)-n2c5ccccc5c5ccc6c(c52)B4c2c(cccc2O6)O3)cc1.c1ccc(-c2ccc3c4c2-n2c5ccccc5c5ccc6c(c52)B4c2c(cccc2O6)O3)cc1.c1ccc(-c2ccc3c4c2Oc2cccc5c2B4c2c(ccc4c6ccccc6n-3c24)O5)cc1.c1ccc(-c2cccc3c4ccc5c6c4n(c23)-c2cccc3c2B6c2c(cccc2O5)O3)cc1. The van der Waals surface area contributed by atoms with Crippen molar-refractivity contribution in [1.29, 1.82) is 0 Å². The van der Waals surface area contributed by atoms with Crippen LogP contribution in [0.25, 0.3) is 154 Å². The molecule has 0 N–H and O–H groups in total. The molecule has 0 saturated heterocycles. The standard InChI is InChI=1S/4C30H16BNO2/c1-2-7-17(8-3-1)18-9-4-10-19-20-15-16-25-28-30(20)32(29(18)19)21-11-5-12-22-26(21)31(28)27-23(33-22)13-6-14-24(27)34-25;1-2-7-17(8-3-1)18-13-15-22-26-30(18)34-24-12-6-11-23-27(24)31(26)28-25(33-23)16-14-20-19-9-4-5-10-21(19)32(22)29(20)28;1-2-7-17(8-3-1)18-13-15-24-27-29(18)32-21-10-5-4-9-19(21)20-14-16-25-28(30(20)32)31(27)26-22(33-24)11-6-12-23(26)34-25;1-2-7-17(8-3-1)18-15-22-27-26(16-18)34-24-12-6-11-23-28(24)31(27)29-25(33-23)14-13-20-19-9-4-5-10-21(19)32(22)30(20)29/h4*1-16H. The van der Waals surface area contributed by atoms with Gasteiger partial charge in [-0.25, -0.2) is 0 Å². The van der Waals surface area contributed by atoms with Crippen molar-refractivity contribution in [3.8, 4) is 159 Å². The van der Waals surface area contributed by atoms with E-state index in [1.807, 2.05) is 24.3 Å². The lowest BCUT2D eigenvalue weighted by molar-refractivity contribution is 0.464. The molecule has 0 aliphatic carbocycles. The second-order valence-corrected chi connectivity index (χ2v) is 37.1. The van der Waals surface area contributed by atoms with Crippen molar-refractivity contribution in [2.75, 3.05) is 0 Å². The van der Waals surface area contributed by atoms with E-state index in [0.29, 0.717) is 0 Å². The molecule has 624 valence electrons. The zero-order chi connectivity index (χ0) is 87.9. The third kappa shape index (κ3) is 9.22. The molecular weight excluding hydrogens is 1670 g/mol. The predicted molar refractivity (Wildman–Crippen MR) is 550 cm³/mol. The van der Waals surface area contributed by atoms with Crippen molar-refractivity contribution in [3.05, 3.63) is 388 Å². The van der Waals surface area contributed by atoms with Gasteiger partial charge in [0, 0.05) is 98.7 Å². The Balaban J connectivity index is 0.0000000814. The van der Waals surface area contributed by atoms with Crippen LogP contribution in [0.1, 0.15) is 0 Å². The minimum absolute atomic E-state index is 0.0814. The van der Waals surface area contributed by atoms with Crippen LogP contribution in [-0.4, -0.2) is 45.1 Å². The van der Waals surface area contributed by atoms with Crippen LogP contribution in [0.15, 0.2) is 388 Å². The predicted octanol–water partition coefficient (Wildman–Crippen LogP) is 22.0. The van der Waals surface area contributed by atoms with Crippen LogP contribution in [0.5, 0.6) is 92.0 Å². The van der Waals surface area contributed by atoms with Gasteiger partial charge < -0.3 is 56.2 Å². The summed E-state index contributed by atoms with van der Waals surface area (Å²) < 4.78 is 62.0. The molecule has 20 aromatic carbocycles. The van der Waals surface area contributed by atoms with E-state index < -0.39 is 0 Å². The molecule has 36 rings (SSSR count). The second kappa shape index (κ2) is 26.1. The first-order valence-electron chi connectivity index (χ1n) is 46.6. The zero-order valence-electron chi connectivity index (χ0n) is 72.3. The lowest BCUT2D eigenvalue weighted by Gasteiger charge is -2.38. The van der Waals surface area contributed by atoms with Gasteiger partial charge in [0.25, 0.3) is 26.9 Å². The maximum absolute atomic E-state index is 6.73. The Morgan fingerprint density at radius 2 is 0.471 bits per heavy atom. The van der Waals surface area contributed by atoms with E-state index in [2.05, 4.69) is 382 Å². The lowest BCUT2D eigenvalue weighted by Crippen LogP contribution is -2.60. The van der Waals surface area contributed by atoms with Gasteiger partial charge in [-0.2, -0.15) is 0 Å². The normalized spacial score (nSPS) is 13.7. The Bertz CT molecular complexity index is 9640. The zero-order valence-corrected chi connectivity index (χ0v) is 72.3. The van der Waals surface area contributed by atoms with Gasteiger partial charge in [0.15, 0.2) is 0 Å². The number of nitrogens with zero attached hydrogens (tertiary/aromatic N) is 4. The van der Waals surface area contributed by atoms with Crippen LogP contribution in [-0.2, 0) is 0 Å². The smallest absolute Gasteiger partial charge is 0.266 e. The molecule has 4 aromatic heterocycles. The van der Waals surface area contributed by atoms with Gasteiger partial charge in [0.05, 0.1) is 49.8 Å². The number of rotatable bonds is 4. The molecule has 136 heavy (non-hydrogen) atoms. The van der Waals surface area contributed by atoms with Crippen molar-refractivity contribution in [1.82, 2.24) is 18.3 Å². The van der Waals surface area contributed by atoms with Gasteiger partial charge in [-0.1, -0.05) is 224 Å². The number of hydrogen-bond donors (Lipinski definition) is 0. The van der Waals surface area contributed by atoms with E-state index in [1.54, 1.807) is 0 Å². The molecule has 0 bridgehead atoms. The van der Waals surface area contributed by atoms with Crippen LogP contribution < -0.4 is 103 Å². The molecule has 12 aliphatic rings. The van der Waals surface area contributed by atoms with Crippen molar-refractivity contribution >= 4 is 180 Å². The summed E-state index contributed by atoms with van der Waals surface area (Å²) in [7, 11) is 0. The first kappa shape index (κ1) is 72.0. The number of fused-ring (bicyclic) bond motifs is 16. The van der Waals surface area contributed by atoms with E-state index >= 15 is 0 Å². The topological polar surface area (TPSA) is 93.6 Å². The van der Waals surface area contributed by atoms with Crippen LogP contribution in [0.2, 0.25) is 0 Å².